The molecule has 4 nitrogen and oxygen atoms in total. The minimum atomic E-state index is -1.14. The van der Waals surface area contributed by atoms with Crippen molar-refractivity contribution in [3.8, 4) is 5.75 Å². The first-order chi connectivity index (χ1) is 8.40. The van der Waals surface area contributed by atoms with E-state index in [9.17, 15) is 9.90 Å². The zero-order valence-corrected chi connectivity index (χ0v) is 11.3. The maximum atomic E-state index is 11.4. The molecule has 0 heterocycles. The zero-order valence-electron chi connectivity index (χ0n) is 11.3. The lowest BCUT2D eigenvalue weighted by atomic mass is 9.85. The van der Waals surface area contributed by atoms with Crippen LogP contribution in [-0.4, -0.2) is 30.9 Å². The molecule has 4 heteroatoms. The van der Waals surface area contributed by atoms with Gasteiger partial charge in [-0.2, -0.15) is 0 Å². The lowest BCUT2D eigenvalue weighted by Crippen LogP contribution is -2.40. The third-order valence-corrected chi connectivity index (χ3v) is 3.21. The molecule has 0 aliphatic heterocycles. The van der Waals surface area contributed by atoms with Crippen molar-refractivity contribution in [2.45, 2.75) is 25.9 Å². The van der Waals surface area contributed by atoms with Gasteiger partial charge in [-0.05, 0) is 31.5 Å². The molecule has 18 heavy (non-hydrogen) atoms. The van der Waals surface area contributed by atoms with Crippen molar-refractivity contribution in [1.29, 1.82) is 0 Å². The van der Waals surface area contributed by atoms with Gasteiger partial charge in [0, 0.05) is 6.42 Å². The molecule has 0 aromatic heterocycles. The highest BCUT2D eigenvalue weighted by atomic mass is 16.5. The monoisotopic (exact) mass is 252 g/mol. The van der Waals surface area contributed by atoms with Crippen LogP contribution in [0.2, 0.25) is 0 Å². The topological polar surface area (TPSA) is 55.8 Å². The minimum Gasteiger partial charge on any atom is -0.497 e. The van der Waals surface area contributed by atoms with E-state index in [1.165, 1.54) is 7.11 Å². The van der Waals surface area contributed by atoms with Crippen LogP contribution in [0.5, 0.6) is 5.75 Å². The van der Waals surface area contributed by atoms with Crippen molar-refractivity contribution >= 4 is 5.97 Å². The second kappa shape index (κ2) is 5.87. The summed E-state index contributed by atoms with van der Waals surface area (Å²) in [6.07, 6.45) is 0.382. The first kappa shape index (κ1) is 14.5. The molecule has 0 aliphatic carbocycles. The number of methoxy groups -OCH3 is 2. The predicted molar refractivity (Wildman–Crippen MR) is 68.5 cm³/mol. The van der Waals surface area contributed by atoms with Crippen LogP contribution in [0.1, 0.15) is 19.4 Å². The number of hydrogen-bond donors (Lipinski definition) is 1. The van der Waals surface area contributed by atoms with Crippen LogP contribution in [0.3, 0.4) is 0 Å². The van der Waals surface area contributed by atoms with Crippen LogP contribution in [0, 0.1) is 5.92 Å². The van der Waals surface area contributed by atoms with Crippen LogP contribution in [0.15, 0.2) is 24.3 Å². The second-order valence-corrected chi connectivity index (χ2v) is 4.63. The van der Waals surface area contributed by atoms with E-state index in [0.29, 0.717) is 6.42 Å². The highest BCUT2D eigenvalue weighted by Crippen LogP contribution is 2.24. The molecule has 1 aromatic carbocycles. The Bertz CT molecular complexity index is 395. The van der Waals surface area contributed by atoms with Gasteiger partial charge >= 0.3 is 5.97 Å². The Balaban J connectivity index is 2.77. The van der Waals surface area contributed by atoms with Gasteiger partial charge in [0.1, 0.15) is 5.75 Å². The molecule has 2 unspecified atom stereocenters. The van der Waals surface area contributed by atoms with E-state index in [1.54, 1.807) is 21.0 Å². The molecule has 0 saturated carbocycles. The summed E-state index contributed by atoms with van der Waals surface area (Å²) < 4.78 is 9.72. The van der Waals surface area contributed by atoms with Gasteiger partial charge in [-0.25, -0.2) is 0 Å². The van der Waals surface area contributed by atoms with E-state index in [0.717, 1.165) is 11.3 Å². The fourth-order valence-electron chi connectivity index (χ4n) is 1.74. The number of benzene rings is 1. The fourth-order valence-corrected chi connectivity index (χ4v) is 1.74. The summed E-state index contributed by atoms with van der Waals surface area (Å²) in [5, 5.41) is 10.3. The largest absolute Gasteiger partial charge is 0.497 e. The van der Waals surface area contributed by atoms with Gasteiger partial charge in [0.2, 0.25) is 0 Å². The Hall–Kier alpha value is -1.55. The standard InChI is InChI=1S/C14H20O4/c1-10(13(15)18-4)14(2,16)9-11-5-7-12(17-3)8-6-11/h5-8,10,16H,9H2,1-4H3. The molecule has 1 N–H and O–H groups in total. The Labute approximate surface area is 108 Å². The molecule has 0 aliphatic rings. The highest BCUT2D eigenvalue weighted by molar-refractivity contribution is 5.73. The van der Waals surface area contributed by atoms with E-state index in [4.69, 9.17) is 4.74 Å². The quantitative estimate of drug-likeness (QED) is 0.812. The lowest BCUT2D eigenvalue weighted by Gasteiger charge is -2.28. The zero-order chi connectivity index (χ0) is 13.8. The van der Waals surface area contributed by atoms with Gasteiger partial charge in [0.05, 0.1) is 25.7 Å². The van der Waals surface area contributed by atoms with Crippen molar-refractivity contribution in [3.05, 3.63) is 29.8 Å². The van der Waals surface area contributed by atoms with E-state index in [-0.39, 0.29) is 0 Å². The van der Waals surface area contributed by atoms with Crippen molar-refractivity contribution in [2.24, 2.45) is 5.92 Å². The molecule has 2 atom stereocenters. The molecule has 0 fully saturated rings. The smallest absolute Gasteiger partial charge is 0.311 e. The molecule has 1 aromatic rings. The molecule has 0 bridgehead atoms. The predicted octanol–water partition coefficient (Wildman–Crippen LogP) is 1.80. The normalized spacial score (nSPS) is 15.6. The van der Waals surface area contributed by atoms with E-state index in [2.05, 4.69) is 4.74 Å². The van der Waals surface area contributed by atoms with Gasteiger partial charge < -0.3 is 14.6 Å². The second-order valence-electron chi connectivity index (χ2n) is 4.63. The van der Waals surface area contributed by atoms with Crippen molar-refractivity contribution < 1.29 is 19.4 Å². The number of esters is 1. The SMILES string of the molecule is COC(=O)C(C)C(C)(O)Cc1ccc(OC)cc1. The summed E-state index contributed by atoms with van der Waals surface area (Å²) in [5.41, 5.74) is -0.196. The van der Waals surface area contributed by atoms with Gasteiger partial charge in [-0.3, -0.25) is 4.79 Å². The molecule has 100 valence electrons. The Morgan fingerprint density at radius 1 is 1.33 bits per heavy atom. The van der Waals surface area contributed by atoms with Crippen molar-refractivity contribution in [1.82, 2.24) is 0 Å². The van der Waals surface area contributed by atoms with Crippen LogP contribution in [0.4, 0.5) is 0 Å². The number of carbonyl (C=O) groups is 1. The minimum absolute atomic E-state index is 0.382. The fraction of sp³-hybridized carbons (Fsp3) is 0.500. The number of carbonyl (C=O) groups excluding carboxylic acids is 1. The molecule has 0 amide bonds. The highest BCUT2D eigenvalue weighted by Gasteiger charge is 2.34. The van der Waals surface area contributed by atoms with E-state index in [1.807, 2.05) is 24.3 Å². The van der Waals surface area contributed by atoms with Gasteiger partial charge in [0.25, 0.3) is 0 Å². The number of ether oxygens (including phenoxy) is 2. The number of rotatable bonds is 5. The summed E-state index contributed by atoms with van der Waals surface area (Å²) in [5.74, 6) is -0.225. The van der Waals surface area contributed by atoms with Gasteiger partial charge in [-0.1, -0.05) is 12.1 Å². The Kier molecular flexibility index (Phi) is 4.73. The summed E-state index contributed by atoms with van der Waals surface area (Å²) in [6, 6.07) is 7.40. The third kappa shape index (κ3) is 3.47. The molecule has 0 spiro atoms. The summed E-state index contributed by atoms with van der Waals surface area (Å²) >= 11 is 0. The van der Waals surface area contributed by atoms with Crippen molar-refractivity contribution in [3.63, 3.8) is 0 Å². The first-order valence-corrected chi connectivity index (χ1v) is 5.84. The first-order valence-electron chi connectivity index (χ1n) is 5.84. The van der Waals surface area contributed by atoms with Crippen LogP contribution < -0.4 is 4.74 Å². The maximum absolute atomic E-state index is 11.4. The van der Waals surface area contributed by atoms with Crippen LogP contribution in [-0.2, 0) is 16.0 Å². The lowest BCUT2D eigenvalue weighted by molar-refractivity contribution is -0.153. The average Bonchev–Trinajstić information content (AvgIpc) is 2.37. The van der Waals surface area contributed by atoms with Crippen LogP contribution >= 0.6 is 0 Å². The summed E-state index contributed by atoms with van der Waals surface area (Å²) in [7, 11) is 2.92. The molecule has 1 rings (SSSR count). The Morgan fingerprint density at radius 3 is 2.33 bits per heavy atom. The Morgan fingerprint density at radius 2 is 1.89 bits per heavy atom. The number of aliphatic hydroxyl groups is 1. The summed E-state index contributed by atoms with van der Waals surface area (Å²) in [6.45, 7) is 3.30. The van der Waals surface area contributed by atoms with Gasteiger partial charge in [-0.15, -0.1) is 0 Å². The summed E-state index contributed by atoms with van der Waals surface area (Å²) in [4.78, 5) is 11.4. The molecule has 0 saturated heterocycles. The number of hydrogen-bond acceptors (Lipinski definition) is 4. The van der Waals surface area contributed by atoms with E-state index < -0.39 is 17.5 Å². The van der Waals surface area contributed by atoms with Crippen molar-refractivity contribution in [2.75, 3.05) is 14.2 Å². The van der Waals surface area contributed by atoms with E-state index >= 15 is 0 Å². The molecular weight excluding hydrogens is 232 g/mol. The average molecular weight is 252 g/mol. The van der Waals surface area contributed by atoms with Crippen LogP contribution in [0.25, 0.3) is 0 Å². The maximum Gasteiger partial charge on any atom is 0.311 e. The molecular formula is C14H20O4. The molecule has 0 radical (unpaired) electrons. The van der Waals surface area contributed by atoms with Gasteiger partial charge in [0.15, 0.2) is 0 Å². The third-order valence-electron chi connectivity index (χ3n) is 3.21.